The molecular weight excluding hydrogens is 356 g/mol. The molecule has 0 radical (unpaired) electrons. The molecule has 3 nitrogen and oxygen atoms in total. The normalized spacial score (nSPS) is 12.6. The van der Waals surface area contributed by atoms with E-state index in [1.807, 2.05) is 24.3 Å². The van der Waals surface area contributed by atoms with Crippen molar-refractivity contribution in [3.05, 3.63) is 63.3 Å². The van der Waals surface area contributed by atoms with E-state index in [0.717, 1.165) is 9.86 Å². The lowest BCUT2D eigenvalue weighted by atomic mass is 10.1. The Labute approximate surface area is 135 Å². The first-order valence-corrected chi connectivity index (χ1v) is 7.46. The number of aliphatic hydroxyl groups is 1. The van der Waals surface area contributed by atoms with Crippen molar-refractivity contribution in [1.82, 2.24) is 0 Å². The van der Waals surface area contributed by atoms with Crippen LogP contribution in [-0.2, 0) is 0 Å². The summed E-state index contributed by atoms with van der Waals surface area (Å²) in [4.78, 5) is 0. The third kappa shape index (κ3) is 2.67. The fourth-order valence-corrected chi connectivity index (χ4v) is 2.90. The monoisotopic (exact) mass is 366 g/mol. The van der Waals surface area contributed by atoms with Crippen LogP contribution < -0.4 is 4.74 Å². The Morgan fingerprint density at radius 1 is 1.24 bits per heavy atom. The predicted molar refractivity (Wildman–Crippen MR) is 86.0 cm³/mol. The van der Waals surface area contributed by atoms with Crippen molar-refractivity contribution in [2.24, 2.45) is 0 Å². The van der Waals surface area contributed by atoms with Crippen LogP contribution in [0, 0.1) is 0 Å². The molecule has 0 aliphatic heterocycles. The van der Waals surface area contributed by atoms with Crippen molar-refractivity contribution in [2.45, 2.75) is 6.10 Å². The van der Waals surface area contributed by atoms with Gasteiger partial charge in [0.2, 0.25) is 0 Å². The van der Waals surface area contributed by atoms with Gasteiger partial charge in [0.05, 0.1) is 11.6 Å². The summed E-state index contributed by atoms with van der Waals surface area (Å²) in [6.45, 7) is 0. The zero-order valence-electron chi connectivity index (χ0n) is 11.1. The van der Waals surface area contributed by atoms with Crippen LogP contribution in [0.1, 0.15) is 17.4 Å². The quantitative estimate of drug-likeness (QED) is 0.713. The van der Waals surface area contributed by atoms with Crippen LogP contribution in [0.15, 0.2) is 51.4 Å². The molecular formula is C16H12BrClO3. The van der Waals surface area contributed by atoms with E-state index >= 15 is 0 Å². The first kappa shape index (κ1) is 14.4. The van der Waals surface area contributed by atoms with Gasteiger partial charge in [-0.1, -0.05) is 23.7 Å². The van der Waals surface area contributed by atoms with Crippen molar-refractivity contribution in [3.63, 3.8) is 0 Å². The number of fused-ring (bicyclic) bond motifs is 1. The van der Waals surface area contributed by atoms with Gasteiger partial charge < -0.3 is 14.3 Å². The summed E-state index contributed by atoms with van der Waals surface area (Å²) >= 11 is 9.44. The van der Waals surface area contributed by atoms with E-state index in [9.17, 15) is 5.11 Å². The molecule has 1 N–H and O–H groups in total. The van der Waals surface area contributed by atoms with Crippen LogP contribution >= 0.6 is 27.5 Å². The molecule has 1 unspecified atom stereocenters. The number of hydrogen-bond donors (Lipinski definition) is 1. The molecule has 0 spiro atoms. The van der Waals surface area contributed by atoms with Gasteiger partial charge >= 0.3 is 0 Å². The minimum Gasteiger partial charge on any atom is -0.496 e. The Balaban J connectivity index is 2.10. The number of methoxy groups -OCH3 is 1. The minimum absolute atomic E-state index is 0.442. The zero-order chi connectivity index (χ0) is 15.0. The standard InChI is InChI=1S/C16H12BrClO3/c1-20-13-6-5-10(18)8-11(13)15(19)14-7-9-3-2-4-12(17)16(9)21-14/h2-8,15,19H,1H3. The van der Waals surface area contributed by atoms with E-state index in [1.54, 1.807) is 25.3 Å². The largest absolute Gasteiger partial charge is 0.496 e. The van der Waals surface area contributed by atoms with Crippen molar-refractivity contribution in [1.29, 1.82) is 0 Å². The van der Waals surface area contributed by atoms with Gasteiger partial charge in [0, 0.05) is 16.0 Å². The summed E-state index contributed by atoms with van der Waals surface area (Å²) in [7, 11) is 1.55. The lowest BCUT2D eigenvalue weighted by Gasteiger charge is -2.13. The number of hydrogen-bond acceptors (Lipinski definition) is 3. The summed E-state index contributed by atoms with van der Waals surface area (Å²) < 4.78 is 11.9. The molecule has 5 heteroatoms. The van der Waals surface area contributed by atoms with Gasteiger partial charge in [-0.15, -0.1) is 0 Å². The van der Waals surface area contributed by atoms with Crippen LogP contribution in [-0.4, -0.2) is 12.2 Å². The lowest BCUT2D eigenvalue weighted by molar-refractivity contribution is 0.187. The van der Waals surface area contributed by atoms with E-state index in [4.69, 9.17) is 20.8 Å². The number of rotatable bonds is 3. The first-order chi connectivity index (χ1) is 10.1. The number of para-hydroxylation sites is 1. The molecule has 0 aliphatic carbocycles. The highest BCUT2D eigenvalue weighted by Crippen LogP contribution is 2.36. The third-order valence-electron chi connectivity index (χ3n) is 3.27. The topological polar surface area (TPSA) is 42.6 Å². The average Bonchev–Trinajstić information content (AvgIpc) is 2.92. The van der Waals surface area contributed by atoms with Crippen molar-refractivity contribution in [2.75, 3.05) is 7.11 Å². The molecule has 0 aliphatic rings. The Hall–Kier alpha value is -1.49. The lowest BCUT2D eigenvalue weighted by Crippen LogP contribution is -2.01. The first-order valence-electron chi connectivity index (χ1n) is 6.29. The zero-order valence-corrected chi connectivity index (χ0v) is 13.5. The van der Waals surface area contributed by atoms with E-state index in [-0.39, 0.29) is 0 Å². The molecule has 3 aromatic rings. The van der Waals surface area contributed by atoms with E-state index in [2.05, 4.69) is 15.9 Å². The summed E-state index contributed by atoms with van der Waals surface area (Å²) in [5.41, 5.74) is 1.27. The Bertz CT molecular complexity index is 797. The molecule has 3 rings (SSSR count). The molecule has 0 amide bonds. The molecule has 1 atom stereocenters. The smallest absolute Gasteiger partial charge is 0.148 e. The molecule has 2 aromatic carbocycles. The second kappa shape index (κ2) is 5.72. The maximum atomic E-state index is 10.6. The Kier molecular flexibility index (Phi) is 3.93. The molecule has 0 fully saturated rings. The maximum absolute atomic E-state index is 10.6. The van der Waals surface area contributed by atoms with Crippen LogP contribution in [0.4, 0.5) is 0 Å². The number of halogens is 2. The van der Waals surface area contributed by atoms with Gasteiger partial charge in [-0.2, -0.15) is 0 Å². The molecule has 1 aromatic heterocycles. The molecule has 108 valence electrons. The molecule has 0 saturated carbocycles. The van der Waals surface area contributed by atoms with Gasteiger partial charge in [-0.25, -0.2) is 0 Å². The fraction of sp³-hybridized carbons (Fsp3) is 0.125. The van der Waals surface area contributed by atoms with Crippen molar-refractivity contribution in [3.8, 4) is 5.75 Å². The van der Waals surface area contributed by atoms with Crippen LogP contribution in [0.5, 0.6) is 5.75 Å². The van der Waals surface area contributed by atoms with Crippen molar-refractivity contribution < 1.29 is 14.3 Å². The fourth-order valence-electron chi connectivity index (χ4n) is 2.25. The molecule has 0 bridgehead atoms. The highest BCUT2D eigenvalue weighted by Gasteiger charge is 2.20. The summed E-state index contributed by atoms with van der Waals surface area (Å²) in [6, 6.07) is 12.7. The maximum Gasteiger partial charge on any atom is 0.148 e. The Morgan fingerprint density at radius 2 is 2.05 bits per heavy atom. The minimum atomic E-state index is -0.946. The average molecular weight is 368 g/mol. The highest BCUT2D eigenvalue weighted by molar-refractivity contribution is 9.10. The van der Waals surface area contributed by atoms with E-state index in [1.165, 1.54) is 0 Å². The molecule has 0 saturated heterocycles. The van der Waals surface area contributed by atoms with Gasteiger partial charge in [0.1, 0.15) is 23.2 Å². The predicted octanol–water partition coefficient (Wildman–Crippen LogP) is 4.94. The van der Waals surface area contributed by atoms with Crippen LogP contribution in [0.2, 0.25) is 5.02 Å². The third-order valence-corrected chi connectivity index (χ3v) is 4.13. The summed E-state index contributed by atoms with van der Waals surface area (Å²) in [5, 5.41) is 12.0. The number of ether oxygens (including phenoxy) is 1. The van der Waals surface area contributed by atoms with E-state index in [0.29, 0.717) is 27.7 Å². The summed E-state index contributed by atoms with van der Waals surface area (Å²) in [6.07, 6.45) is -0.946. The van der Waals surface area contributed by atoms with Gasteiger partial charge in [-0.05, 0) is 46.3 Å². The van der Waals surface area contributed by atoms with Crippen LogP contribution in [0.25, 0.3) is 11.0 Å². The number of benzene rings is 2. The van der Waals surface area contributed by atoms with Gasteiger partial charge in [-0.3, -0.25) is 0 Å². The van der Waals surface area contributed by atoms with Crippen LogP contribution in [0.3, 0.4) is 0 Å². The van der Waals surface area contributed by atoms with Crippen molar-refractivity contribution >= 4 is 38.5 Å². The number of aliphatic hydroxyl groups excluding tert-OH is 1. The highest BCUT2D eigenvalue weighted by atomic mass is 79.9. The second-order valence-electron chi connectivity index (χ2n) is 4.60. The van der Waals surface area contributed by atoms with E-state index < -0.39 is 6.10 Å². The van der Waals surface area contributed by atoms with Gasteiger partial charge in [0.25, 0.3) is 0 Å². The molecule has 21 heavy (non-hydrogen) atoms. The Morgan fingerprint density at radius 3 is 2.76 bits per heavy atom. The van der Waals surface area contributed by atoms with Gasteiger partial charge in [0.15, 0.2) is 0 Å². The number of furan rings is 1. The summed E-state index contributed by atoms with van der Waals surface area (Å²) in [5.74, 6) is 1.00. The molecule has 1 heterocycles. The SMILES string of the molecule is COc1ccc(Cl)cc1C(O)c1cc2cccc(Br)c2o1. The second-order valence-corrected chi connectivity index (χ2v) is 5.89.